The van der Waals surface area contributed by atoms with Crippen molar-refractivity contribution < 1.29 is 13.2 Å². The van der Waals surface area contributed by atoms with Gasteiger partial charge in [-0.2, -0.15) is 0 Å². The van der Waals surface area contributed by atoms with E-state index in [0.29, 0.717) is 11.3 Å². The van der Waals surface area contributed by atoms with Gasteiger partial charge in [-0.15, -0.1) is 12.4 Å². The van der Waals surface area contributed by atoms with Crippen LogP contribution in [-0.2, 0) is 9.84 Å². The molecule has 19 heavy (non-hydrogen) atoms. The molecule has 0 unspecified atom stereocenters. The SMILES string of the molecule is Cc1ccc(N)cc1C(=O)N1CCS(=O)(=O)CC1.Cl. The summed E-state index contributed by atoms with van der Waals surface area (Å²) in [6, 6.07) is 5.18. The summed E-state index contributed by atoms with van der Waals surface area (Å²) in [6.07, 6.45) is 0. The summed E-state index contributed by atoms with van der Waals surface area (Å²) in [6.45, 7) is 2.36. The highest BCUT2D eigenvalue weighted by molar-refractivity contribution is 7.91. The van der Waals surface area contributed by atoms with Gasteiger partial charge in [-0.25, -0.2) is 8.42 Å². The van der Waals surface area contributed by atoms with E-state index in [4.69, 9.17) is 5.73 Å². The van der Waals surface area contributed by atoms with Crippen LogP contribution in [-0.4, -0.2) is 43.8 Å². The second-order valence-corrected chi connectivity index (χ2v) is 6.82. The molecule has 0 aliphatic carbocycles. The summed E-state index contributed by atoms with van der Waals surface area (Å²) in [7, 11) is -2.97. The Morgan fingerprint density at radius 1 is 1.26 bits per heavy atom. The normalized spacial score (nSPS) is 17.6. The molecule has 1 heterocycles. The zero-order chi connectivity index (χ0) is 13.3. The predicted molar refractivity (Wildman–Crippen MR) is 77.4 cm³/mol. The molecule has 1 amide bonds. The molecule has 7 heteroatoms. The summed E-state index contributed by atoms with van der Waals surface area (Å²) in [5.41, 5.74) is 7.61. The number of amides is 1. The number of benzene rings is 1. The molecule has 1 aliphatic heterocycles. The predicted octanol–water partition coefficient (Wildman–Crippen LogP) is 0.870. The quantitative estimate of drug-likeness (QED) is 0.781. The maximum Gasteiger partial charge on any atom is 0.254 e. The number of sulfone groups is 1. The first-order valence-electron chi connectivity index (χ1n) is 5.75. The highest BCUT2D eigenvalue weighted by Gasteiger charge is 2.26. The van der Waals surface area contributed by atoms with Crippen molar-refractivity contribution in [1.29, 1.82) is 0 Å². The van der Waals surface area contributed by atoms with Gasteiger partial charge in [-0.3, -0.25) is 4.79 Å². The van der Waals surface area contributed by atoms with E-state index in [1.54, 1.807) is 23.1 Å². The van der Waals surface area contributed by atoms with Crippen LogP contribution in [0.2, 0.25) is 0 Å². The number of anilines is 1. The third-order valence-electron chi connectivity index (χ3n) is 3.12. The van der Waals surface area contributed by atoms with Crippen molar-refractivity contribution in [2.45, 2.75) is 6.92 Å². The Kier molecular flexibility index (Phi) is 4.81. The second kappa shape index (κ2) is 5.79. The van der Waals surface area contributed by atoms with E-state index in [1.165, 1.54) is 0 Å². The van der Waals surface area contributed by atoms with Gasteiger partial charge in [-0.05, 0) is 24.6 Å². The minimum absolute atomic E-state index is 0. The van der Waals surface area contributed by atoms with E-state index in [0.717, 1.165) is 5.56 Å². The first kappa shape index (κ1) is 15.8. The molecule has 0 aromatic heterocycles. The van der Waals surface area contributed by atoms with Crippen LogP contribution in [0, 0.1) is 6.92 Å². The van der Waals surface area contributed by atoms with E-state index < -0.39 is 9.84 Å². The summed E-state index contributed by atoms with van der Waals surface area (Å²) in [4.78, 5) is 13.8. The standard InChI is InChI=1S/C12H16N2O3S.ClH/c1-9-2-3-10(13)8-11(9)12(15)14-4-6-18(16,17)7-5-14;/h2-3,8H,4-7,13H2,1H3;1H. The van der Waals surface area contributed by atoms with Gasteiger partial charge in [0, 0.05) is 24.3 Å². The molecule has 1 saturated heterocycles. The molecule has 1 aliphatic rings. The highest BCUT2D eigenvalue weighted by Crippen LogP contribution is 2.16. The zero-order valence-corrected chi connectivity index (χ0v) is 12.3. The monoisotopic (exact) mass is 304 g/mol. The average Bonchev–Trinajstić information content (AvgIpc) is 2.31. The number of nitrogen functional groups attached to an aromatic ring is 1. The molecule has 1 aromatic carbocycles. The Labute approximate surface area is 119 Å². The molecule has 1 aromatic rings. The lowest BCUT2D eigenvalue weighted by Gasteiger charge is -2.27. The van der Waals surface area contributed by atoms with Gasteiger partial charge in [0.05, 0.1) is 11.5 Å². The van der Waals surface area contributed by atoms with E-state index in [-0.39, 0.29) is 42.9 Å². The van der Waals surface area contributed by atoms with E-state index in [9.17, 15) is 13.2 Å². The highest BCUT2D eigenvalue weighted by atomic mass is 35.5. The Hall–Kier alpha value is -1.27. The van der Waals surface area contributed by atoms with Gasteiger partial charge < -0.3 is 10.6 Å². The third kappa shape index (κ3) is 3.61. The van der Waals surface area contributed by atoms with Gasteiger partial charge >= 0.3 is 0 Å². The van der Waals surface area contributed by atoms with Crippen LogP contribution < -0.4 is 5.73 Å². The number of hydrogen-bond donors (Lipinski definition) is 1. The molecule has 5 nitrogen and oxygen atoms in total. The largest absolute Gasteiger partial charge is 0.399 e. The van der Waals surface area contributed by atoms with Crippen LogP contribution in [0.1, 0.15) is 15.9 Å². The molecule has 2 N–H and O–H groups in total. The molecule has 0 bridgehead atoms. The molecular formula is C12H17ClN2O3S. The van der Waals surface area contributed by atoms with Crippen molar-refractivity contribution in [1.82, 2.24) is 4.90 Å². The lowest BCUT2D eigenvalue weighted by Crippen LogP contribution is -2.43. The maximum atomic E-state index is 12.3. The fourth-order valence-electron chi connectivity index (χ4n) is 1.96. The van der Waals surface area contributed by atoms with Gasteiger partial charge in [0.1, 0.15) is 0 Å². The Bertz CT molecular complexity index is 573. The van der Waals surface area contributed by atoms with Crippen molar-refractivity contribution in [3.05, 3.63) is 29.3 Å². The molecular weight excluding hydrogens is 288 g/mol. The molecule has 0 radical (unpaired) electrons. The number of carbonyl (C=O) groups excluding carboxylic acids is 1. The fraction of sp³-hybridized carbons (Fsp3) is 0.417. The van der Waals surface area contributed by atoms with Gasteiger partial charge in [0.15, 0.2) is 9.84 Å². The fourth-order valence-corrected chi connectivity index (χ4v) is 3.16. The molecule has 1 fully saturated rings. The van der Waals surface area contributed by atoms with Gasteiger partial charge in [-0.1, -0.05) is 6.07 Å². The number of nitrogens with zero attached hydrogens (tertiary/aromatic N) is 1. The number of carbonyl (C=O) groups is 1. The Balaban J connectivity index is 0.00000180. The summed E-state index contributed by atoms with van der Waals surface area (Å²) >= 11 is 0. The molecule has 0 atom stereocenters. The van der Waals surface area contributed by atoms with Crippen molar-refractivity contribution >= 4 is 33.8 Å². The number of rotatable bonds is 1. The van der Waals surface area contributed by atoms with E-state index in [1.807, 2.05) is 6.92 Å². The number of hydrogen-bond acceptors (Lipinski definition) is 4. The third-order valence-corrected chi connectivity index (χ3v) is 4.73. The van der Waals surface area contributed by atoms with Crippen LogP contribution in [0.15, 0.2) is 18.2 Å². The van der Waals surface area contributed by atoms with Crippen LogP contribution in [0.4, 0.5) is 5.69 Å². The maximum absolute atomic E-state index is 12.3. The van der Waals surface area contributed by atoms with Gasteiger partial charge in [0.2, 0.25) is 0 Å². The number of aryl methyl sites for hydroxylation is 1. The lowest BCUT2D eigenvalue weighted by atomic mass is 10.1. The smallest absolute Gasteiger partial charge is 0.254 e. The minimum Gasteiger partial charge on any atom is -0.399 e. The number of halogens is 1. The summed E-state index contributed by atoms with van der Waals surface area (Å²) < 4.78 is 22.6. The minimum atomic E-state index is -2.97. The van der Waals surface area contributed by atoms with E-state index >= 15 is 0 Å². The first-order valence-corrected chi connectivity index (χ1v) is 7.57. The van der Waals surface area contributed by atoms with Crippen molar-refractivity contribution in [2.75, 3.05) is 30.3 Å². The summed E-state index contributed by atoms with van der Waals surface area (Å²) in [5, 5.41) is 0. The Morgan fingerprint density at radius 3 is 2.42 bits per heavy atom. The molecule has 2 rings (SSSR count). The summed E-state index contributed by atoms with van der Waals surface area (Å²) in [5.74, 6) is -0.0603. The zero-order valence-electron chi connectivity index (χ0n) is 10.6. The molecule has 0 spiro atoms. The average molecular weight is 305 g/mol. The van der Waals surface area contributed by atoms with Crippen molar-refractivity contribution in [2.24, 2.45) is 0 Å². The van der Waals surface area contributed by atoms with Crippen LogP contribution >= 0.6 is 12.4 Å². The first-order chi connectivity index (χ1) is 8.39. The van der Waals surface area contributed by atoms with Crippen LogP contribution in [0.5, 0.6) is 0 Å². The topological polar surface area (TPSA) is 80.5 Å². The molecule has 0 saturated carbocycles. The Morgan fingerprint density at radius 2 is 1.84 bits per heavy atom. The van der Waals surface area contributed by atoms with Crippen molar-refractivity contribution in [3.8, 4) is 0 Å². The second-order valence-electron chi connectivity index (χ2n) is 4.52. The van der Waals surface area contributed by atoms with Crippen molar-refractivity contribution in [3.63, 3.8) is 0 Å². The van der Waals surface area contributed by atoms with Crippen LogP contribution in [0.25, 0.3) is 0 Å². The van der Waals surface area contributed by atoms with E-state index in [2.05, 4.69) is 0 Å². The van der Waals surface area contributed by atoms with Gasteiger partial charge in [0.25, 0.3) is 5.91 Å². The lowest BCUT2D eigenvalue weighted by molar-refractivity contribution is 0.0769. The number of nitrogens with two attached hydrogens (primary N) is 1. The van der Waals surface area contributed by atoms with Crippen LogP contribution in [0.3, 0.4) is 0 Å². The molecule has 106 valence electrons.